The number of carbonyl (C=O) groups is 1. The molecule has 0 atom stereocenters. The van der Waals surface area contributed by atoms with Gasteiger partial charge in [-0.15, -0.1) is 0 Å². The number of rotatable bonds is 9. The first kappa shape index (κ1) is 29.3. The van der Waals surface area contributed by atoms with Gasteiger partial charge in [-0.2, -0.15) is 4.98 Å². The van der Waals surface area contributed by atoms with E-state index in [9.17, 15) is 9.59 Å². The van der Waals surface area contributed by atoms with Gasteiger partial charge in [0.2, 0.25) is 5.88 Å². The van der Waals surface area contributed by atoms with Gasteiger partial charge in [-0.05, 0) is 72.4 Å². The number of thiocarbonyl (C=S) groups is 1. The number of nitrogens with zero attached hydrogens (tertiary/aromatic N) is 3. The molecule has 1 aliphatic heterocycles. The van der Waals surface area contributed by atoms with Gasteiger partial charge in [-0.25, -0.2) is 0 Å². The molecule has 2 aromatic heterocycles. The van der Waals surface area contributed by atoms with Crippen molar-refractivity contribution in [2.45, 2.75) is 33.1 Å². The Morgan fingerprint density at radius 3 is 2.52 bits per heavy atom. The first-order valence-electron chi connectivity index (χ1n) is 13.5. The molecule has 216 valence electrons. The van der Waals surface area contributed by atoms with Crippen LogP contribution in [0.2, 0.25) is 0 Å². The predicted octanol–water partition coefficient (Wildman–Crippen LogP) is 6.38. The number of carbonyl (C=O) groups excluding carboxylic acids is 1. The van der Waals surface area contributed by atoms with Crippen molar-refractivity contribution < 1.29 is 19.0 Å². The summed E-state index contributed by atoms with van der Waals surface area (Å²) in [5, 5.41) is 0. The molecule has 4 aromatic rings. The third-order valence-electron chi connectivity index (χ3n) is 6.95. The van der Waals surface area contributed by atoms with Gasteiger partial charge in [0.25, 0.3) is 11.5 Å². The van der Waals surface area contributed by atoms with Gasteiger partial charge in [-0.1, -0.05) is 62.1 Å². The topological polar surface area (TPSA) is 82.4 Å². The van der Waals surface area contributed by atoms with Crippen LogP contribution in [0.5, 0.6) is 23.1 Å². The Labute approximate surface area is 253 Å². The lowest BCUT2D eigenvalue weighted by Crippen LogP contribution is -2.30. The summed E-state index contributed by atoms with van der Waals surface area (Å²) in [6, 6.07) is 16.9. The molecular weight excluding hydrogens is 571 g/mol. The van der Waals surface area contributed by atoms with Crippen LogP contribution < -0.4 is 19.8 Å². The number of thioether (sulfide) groups is 1. The van der Waals surface area contributed by atoms with E-state index in [4.69, 9.17) is 26.4 Å². The second kappa shape index (κ2) is 12.4. The quantitative estimate of drug-likeness (QED) is 0.162. The average Bonchev–Trinajstić information content (AvgIpc) is 3.24. The lowest BCUT2D eigenvalue weighted by molar-refractivity contribution is -0.122. The molecule has 0 unspecified atom stereocenters. The molecule has 1 fully saturated rings. The number of ether oxygens (including phenoxy) is 3. The number of aryl methyl sites for hydroxylation is 1. The fourth-order valence-corrected chi connectivity index (χ4v) is 5.99. The van der Waals surface area contributed by atoms with Crippen LogP contribution in [-0.2, 0) is 11.2 Å². The third-order valence-corrected chi connectivity index (χ3v) is 8.33. The molecule has 3 heterocycles. The average molecular weight is 602 g/mol. The summed E-state index contributed by atoms with van der Waals surface area (Å²) in [6.07, 6.45) is 3.75. The van der Waals surface area contributed by atoms with Gasteiger partial charge in [0.05, 0.1) is 19.1 Å². The molecule has 5 rings (SSSR count). The van der Waals surface area contributed by atoms with Crippen LogP contribution in [0.1, 0.15) is 42.0 Å². The summed E-state index contributed by atoms with van der Waals surface area (Å²) in [7, 11) is 3.17. The minimum Gasteiger partial charge on any atom is -0.493 e. The van der Waals surface area contributed by atoms with Gasteiger partial charge >= 0.3 is 0 Å². The largest absolute Gasteiger partial charge is 0.493 e. The molecule has 1 saturated heterocycles. The van der Waals surface area contributed by atoms with E-state index in [1.54, 1.807) is 49.6 Å². The summed E-state index contributed by atoms with van der Waals surface area (Å²) in [5.41, 5.74) is 3.25. The molecule has 0 aliphatic carbocycles. The molecule has 42 heavy (non-hydrogen) atoms. The van der Waals surface area contributed by atoms with E-state index in [1.807, 2.05) is 43.3 Å². The SMILES string of the molecule is COc1ccc(CCN2C(=O)/C(=C\c3c(Oc4cc(C)ccc4C(C)C)nc4ccccn4c3=O)SC2=S)cc1OC. The Morgan fingerprint density at radius 2 is 1.79 bits per heavy atom. The molecule has 2 aromatic carbocycles. The predicted molar refractivity (Wildman–Crippen MR) is 170 cm³/mol. The number of hydrogen-bond donors (Lipinski definition) is 0. The lowest BCUT2D eigenvalue weighted by Gasteiger charge is -2.16. The van der Waals surface area contributed by atoms with Crippen LogP contribution in [0.25, 0.3) is 11.7 Å². The van der Waals surface area contributed by atoms with Crippen LogP contribution in [0.3, 0.4) is 0 Å². The van der Waals surface area contributed by atoms with Crippen molar-refractivity contribution in [3.8, 4) is 23.1 Å². The summed E-state index contributed by atoms with van der Waals surface area (Å²) in [4.78, 5) is 33.8. The zero-order chi connectivity index (χ0) is 30.0. The highest BCUT2D eigenvalue weighted by Crippen LogP contribution is 2.36. The molecular formula is C32H31N3O5S2. The zero-order valence-electron chi connectivity index (χ0n) is 24.0. The number of amides is 1. The third kappa shape index (κ3) is 5.91. The summed E-state index contributed by atoms with van der Waals surface area (Å²) >= 11 is 6.73. The number of aromatic nitrogens is 2. The molecule has 0 N–H and O–H groups in total. The molecule has 0 saturated carbocycles. The minimum absolute atomic E-state index is 0.134. The van der Waals surface area contributed by atoms with E-state index in [-0.39, 0.29) is 28.8 Å². The highest BCUT2D eigenvalue weighted by Gasteiger charge is 2.32. The van der Waals surface area contributed by atoms with Crippen LogP contribution in [0.15, 0.2) is 70.5 Å². The maximum atomic E-state index is 13.7. The number of benzene rings is 2. The molecule has 0 radical (unpaired) electrons. The van der Waals surface area contributed by atoms with Crippen molar-refractivity contribution >= 4 is 45.9 Å². The first-order chi connectivity index (χ1) is 20.2. The van der Waals surface area contributed by atoms with Gasteiger partial charge in [0, 0.05) is 12.7 Å². The molecule has 1 amide bonds. The molecule has 1 aliphatic rings. The Bertz CT molecular complexity index is 1780. The summed E-state index contributed by atoms with van der Waals surface area (Å²) in [5.74, 6) is 1.92. The van der Waals surface area contributed by atoms with Crippen molar-refractivity contribution in [1.29, 1.82) is 0 Å². The Kier molecular flexibility index (Phi) is 8.65. The van der Waals surface area contributed by atoms with Crippen molar-refractivity contribution in [2.24, 2.45) is 0 Å². The maximum Gasteiger partial charge on any atom is 0.269 e. The van der Waals surface area contributed by atoms with E-state index < -0.39 is 0 Å². The Hall–Kier alpha value is -4.15. The van der Waals surface area contributed by atoms with Crippen molar-refractivity contribution in [2.75, 3.05) is 20.8 Å². The first-order valence-corrected chi connectivity index (χ1v) is 14.7. The smallest absolute Gasteiger partial charge is 0.269 e. The van der Waals surface area contributed by atoms with Gasteiger partial charge in [0.15, 0.2) is 11.5 Å². The van der Waals surface area contributed by atoms with Gasteiger partial charge < -0.3 is 14.2 Å². The van der Waals surface area contributed by atoms with Crippen molar-refractivity contribution in [3.63, 3.8) is 0 Å². The zero-order valence-corrected chi connectivity index (χ0v) is 25.7. The molecule has 8 nitrogen and oxygen atoms in total. The standard InChI is InChI=1S/C32H31N3O5S2/c1-19(2)22-11-9-20(3)16-25(22)40-29-23(30(36)34-14-7-6-8-28(34)33-29)18-27-31(37)35(32(41)42-27)15-13-21-10-12-24(38-4)26(17-21)39-5/h6-12,14,16-19H,13,15H2,1-5H3/b27-18+. The van der Waals surface area contributed by atoms with Crippen molar-refractivity contribution in [1.82, 2.24) is 14.3 Å². The minimum atomic E-state index is -0.343. The van der Waals surface area contributed by atoms with E-state index >= 15 is 0 Å². The monoisotopic (exact) mass is 601 g/mol. The van der Waals surface area contributed by atoms with Crippen LogP contribution >= 0.6 is 24.0 Å². The fraction of sp³-hybridized carbons (Fsp3) is 0.250. The lowest BCUT2D eigenvalue weighted by atomic mass is 10.0. The van der Waals surface area contributed by atoms with Crippen molar-refractivity contribution in [3.05, 3.63) is 98.3 Å². The maximum absolute atomic E-state index is 13.7. The summed E-state index contributed by atoms with van der Waals surface area (Å²) < 4.78 is 18.9. The van der Waals surface area contributed by atoms with E-state index in [1.165, 1.54) is 4.40 Å². The van der Waals surface area contributed by atoms with Gasteiger partial charge in [-0.3, -0.25) is 18.9 Å². The number of fused-ring (bicyclic) bond motifs is 1. The number of hydrogen-bond acceptors (Lipinski definition) is 8. The van der Waals surface area contributed by atoms with E-state index in [0.29, 0.717) is 45.1 Å². The second-order valence-corrected chi connectivity index (χ2v) is 11.8. The van der Waals surface area contributed by atoms with Crippen LogP contribution in [0.4, 0.5) is 0 Å². The normalized spacial score (nSPS) is 14.3. The second-order valence-electron chi connectivity index (χ2n) is 10.1. The number of pyridine rings is 1. The molecule has 10 heteroatoms. The van der Waals surface area contributed by atoms with Gasteiger partial charge in [0.1, 0.15) is 21.3 Å². The summed E-state index contributed by atoms with van der Waals surface area (Å²) in [6.45, 7) is 6.51. The number of methoxy groups -OCH3 is 2. The fourth-order valence-electron chi connectivity index (χ4n) is 4.70. The Morgan fingerprint density at radius 1 is 1.00 bits per heavy atom. The highest BCUT2D eigenvalue weighted by molar-refractivity contribution is 8.26. The van der Waals surface area contributed by atoms with Crippen LogP contribution in [0, 0.1) is 6.92 Å². The van der Waals surface area contributed by atoms with E-state index in [2.05, 4.69) is 18.8 Å². The van der Waals surface area contributed by atoms with Crippen LogP contribution in [-0.4, -0.2) is 45.3 Å². The molecule has 0 spiro atoms. The Balaban J connectivity index is 1.49. The molecule has 0 bridgehead atoms. The van der Waals surface area contributed by atoms with E-state index in [0.717, 1.165) is 28.5 Å². The highest BCUT2D eigenvalue weighted by atomic mass is 32.2.